The summed E-state index contributed by atoms with van der Waals surface area (Å²) in [6, 6.07) is 0. The number of amides is 1. The minimum atomic E-state index is -2.59. The lowest BCUT2D eigenvalue weighted by Gasteiger charge is -2.32. The third-order valence-corrected chi connectivity index (χ3v) is 3.27. The number of ether oxygens (including phenoxy) is 1. The molecule has 21 heavy (non-hydrogen) atoms. The van der Waals surface area contributed by atoms with Crippen LogP contribution in [0.25, 0.3) is 0 Å². The molecule has 120 valence electrons. The summed E-state index contributed by atoms with van der Waals surface area (Å²) in [6.45, 7) is -0.322. The van der Waals surface area contributed by atoms with E-state index in [1.807, 2.05) is 0 Å². The number of methoxy groups -OCH3 is 1. The van der Waals surface area contributed by atoms with Crippen molar-refractivity contribution in [3.05, 3.63) is 24.0 Å². The summed E-state index contributed by atoms with van der Waals surface area (Å²) >= 11 is 0. The Labute approximate surface area is 122 Å². The highest BCUT2D eigenvalue weighted by Gasteiger charge is 2.31. The van der Waals surface area contributed by atoms with E-state index in [0.717, 1.165) is 0 Å². The van der Waals surface area contributed by atoms with Crippen molar-refractivity contribution in [3.63, 3.8) is 0 Å². The van der Waals surface area contributed by atoms with Crippen LogP contribution in [-0.4, -0.2) is 63.0 Å². The van der Waals surface area contributed by atoms with Gasteiger partial charge in [-0.3, -0.25) is 4.79 Å². The van der Waals surface area contributed by atoms with Gasteiger partial charge >= 0.3 is 8.60 Å². The molecule has 0 saturated heterocycles. The average molecular weight is 322 g/mol. The van der Waals surface area contributed by atoms with Gasteiger partial charge in [-0.1, -0.05) is 6.08 Å². The highest BCUT2D eigenvalue weighted by atomic mass is 31.2. The number of carbonyl (C=O) groups is 1. The first-order valence-corrected chi connectivity index (χ1v) is 7.17. The number of nitrogens with zero attached hydrogens (tertiary/aromatic N) is 1. The Bertz CT molecular complexity index is 415. The number of nitrogens with two attached hydrogens (primary N) is 1. The fourth-order valence-electron chi connectivity index (χ4n) is 1.72. The zero-order chi connectivity index (χ0) is 16.0. The molecule has 3 unspecified atom stereocenters. The molecular formula is C11H19N2O7P. The Balaban J connectivity index is 2.71. The number of carbonyl (C=O) groups excluding carboxylic acids is 1. The highest BCUT2D eigenvalue weighted by Crippen LogP contribution is 2.25. The van der Waals surface area contributed by atoms with Gasteiger partial charge in [0.2, 0.25) is 5.91 Å². The van der Waals surface area contributed by atoms with Crippen LogP contribution in [0.2, 0.25) is 0 Å². The Morgan fingerprint density at radius 2 is 2.19 bits per heavy atom. The molecule has 1 heterocycles. The van der Waals surface area contributed by atoms with Crippen LogP contribution in [0.4, 0.5) is 0 Å². The molecule has 0 aromatic rings. The Kier molecular flexibility index (Phi) is 7.20. The van der Waals surface area contributed by atoms with E-state index in [1.165, 1.54) is 24.4 Å². The summed E-state index contributed by atoms with van der Waals surface area (Å²) in [5.41, 5.74) is 5.44. The summed E-state index contributed by atoms with van der Waals surface area (Å²) in [6.07, 6.45) is 0.921. The standard InChI is InChI=1S/C11H19N2O7P/c1-19-8(6-20-21(17)18)9(14)11(16)13-4-2-3-7(5-13)10(12)15/h2,4-5,8-9,11,14,16-18H,3,6H2,1H3,(H2,12,15). The van der Waals surface area contributed by atoms with Gasteiger partial charge in [-0.2, -0.15) is 0 Å². The number of hydrogen-bond acceptors (Lipinski definition) is 8. The number of primary amides is 1. The molecule has 0 bridgehead atoms. The van der Waals surface area contributed by atoms with Crippen LogP contribution in [0.5, 0.6) is 0 Å². The maximum absolute atomic E-state index is 11.1. The lowest BCUT2D eigenvalue weighted by Crippen LogP contribution is -2.47. The van der Waals surface area contributed by atoms with Crippen molar-refractivity contribution in [1.29, 1.82) is 0 Å². The first-order chi connectivity index (χ1) is 9.86. The third-order valence-electron chi connectivity index (χ3n) is 2.89. The third kappa shape index (κ3) is 5.33. The fourth-order valence-corrected chi connectivity index (χ4v) is 2.00. The van der Waals surface area contributed by atoms with Gasteiger partial charge in [0.25, 0.3) is 0 Å². The van der Waals surface area contributed by atoms with E-state index in [9.17, 15) is 15.0 Å². The second-order valence-corrected chi connectivity index (χ2v) is 5.05. The predicted molar refractivity (Wildman–Crippen MR) is 73.0 cm³/mol. The van der Waals surface area contributed by atoms with E-state index in [4.69, 9.17) is 20.3 Å². The number of hydrogen-bond donors (Lipinski definition) is 5. The molecular weight excluding hydrogens is 303 g/mol. The molecule has 10 heteroatoms. The molecule has 1 amide bonds. The molecule has 9 nitrogen and oxygen atoms in total. The van der Waals surface area contributed by atoms with Crippen LogP contribution >= 0.6 is 8.60 Å². The Morgan fingerprint density at radius 1 is 1.52 bits per heavy atom. The number of rotatable bonds is 8. The topological polar surface area (TPSA) is 146 Å². The van der Waals surface area contributed by atoms with E-state index in [2.05, 4.69) is 4.52 Å². The van der Waals surface area contributed by atoms with Crippen LogP contribution in [0.1, 0.15) is 6.42 Å². The van der Waals surface area contributed by atoms with Crippen molar-refractivity contribution in [2.75, 3.05) is 13.7 Å². The molecule has 0 saturated carbocycles. The highest BCUT2D eigenvalue weighted by molar-refractivity contribution is 7.39. The molecule has 0 aromatic heterocycles. The van der Waals surface area contributed by atoms with E-state index in [1.54, 1.807) is 6.08 Å². The molecule has 0 fully saturated rings. The maximum Gasteiger partial charge on any atom is 0.327 e. The van der Waals surface area contributed by atoms with Gasteiger partial charge in [0.05, 0.1) is 6.61 Å². The molecule has 1 aliphatic heterocycles. The second kappa shape index (κ2) is 8.40. The monoisotopic (exact) mass is 322 g/mol. The second-order valence-electron chi connectivity index (χ2n) is 4.28. The largest absolute Gasteiger partial charge is 0.386 e. The predicted octanol–water partition coefficient (Wildman–Crippen LogP) is -1.50. The van der Waals surface area contributed by atoms with Gasteiger partial charge in [0, 0.05) is 25.1 Å². The minimum Gasteiger partial charge on any atom is -0.386 e. The summed E-state index contributed by atoms with van der Waals surface area (Å²) in [4.78, 5) is 29.7. The smallest absolute Gasteiger partial charge is 0.327 e. The minimum absolute atomic E-state index is 0.281. The van der Waals surface area contributed by atoms with Gasteiger partial charge < -0.3 is 39.9 Å². The summed E-state index contributed by atoms with van der Waals surface area (Å²) < 4.78 is 9.51. The van der Waals surface area contributed by atoms with Crippen molar-refractivity contribution in [3.8, 4) is 0 Å². The average Bonchev–Trinajstić information content (AvgIpc) is 2.46. The molecule has 6 N–H and O–H groups in total. The molecule has 0 spiro atoms. The summed E-state index contributed by atoms with van der Waals surface area (Å²) in [5.74, 6) is -0.621. The van der Waals surface area contributed by atoms with Crippen molar-refractivity contribution in [2.24, 2.45) is 5.73 Å². The molecule has 1 rings (SSSR count). The van der Waals surface area contributed by atoms with Gasteiger partial charge in [0.15, 0.2) is 6.23 Å². The molecule has 1 aliphatic rings. The quantitative estimate of drug-likeness (QED) is 0.339. The first-order valence-electron chi connectivity index (χ1n) is 6.01. The van der Waals surface area contributed by atoms with Gasteiger partial charge in [-0.05, 0) is 6.42 Å². The lowest BCUT2D eigenvalue weighted by atomic mass is 10.1. The summed E-state index contributed by atoms with van der Waals surface area (Å²) in [7, 11) is -1.31. The van der Waals surface area contributed by atoms with Crippen molar-refractivity contribution < 1.29 is 34.1 Å². The van der Waals surface area contributed by atoms with Crippen LogP contribution < -0.4 is 5.73 Å². The van der Waals surface area contributed by atoms with Crippen LogP contribution in [0, 0.1) is 0 Å². The number of aliphatic hydroxyl groups is 2. The zero-order valence-corrected chi connectivity index (χ0v) is 12.3. The molecule has 0 aromatic carbocycles. The van der Waals surface area contributed by atoms with Crippen molar-refractivity contribution in [2.45, 2.75) is 24.9 Å². The first kappa shape index (κ1) is 18.0. The summed E-state index contributed by atoms with van der Waals surface area (Å²) in [5, 5.41) is 20.1. The molecule has 0 radical (unpaired) electrons. The molecule has 3 atom stereocenters. The van der Waals surface area contributed by atoms with E-state index in [0.29, 0.717) is 6.42 Å². The van der Waals surface area contributed by atoms with Gasteiger partial charge in [-0.25, -0.2) is 0 Å². The zero-order valence-electron chi connectivity index (χ0n) is 11.4. The lowest BCUT2D eigenvalue weighted by molar-refractivity contribution is -0.122. The maximum atomic E-state index is 11.1. The van der Waals surface area contributed by atoms with Crippen molar-refractivity contribution >= 4 is 14.5 Å². The van der Waals surface area contributed by atoms with E-state index >= 15 is 0 Å². The number of aliphatic hydroxyl groups excluding tert-OH is 2. The SMILES string of the molecule is COC(COP(O)O)C(O)C(O)N1C=CCC(C(N)=O)=C1. The molecule has 0 aliphatic carbocycles. The van der Waals surface area contributed by atoms with Crippen LogP contribution in [-0.2, 0) is 14.1 Å². The van der Waals surface area contributed by atoms with Crippen LogP contribution in [0.3, 0.4) is 0 Å². The number of allylic oxidation sites excluding steroid dienone is 1. The fraction of sp³-hybridized carbons (Fsp3) is 0.545. The van der Waals surface area contributed by atoms with Crippen LogP contribution in [0.15, 0.2) is 24.0 Å². The van der Waals surface area contributed by atoms with Gasteiger partial charge in [0.1, 0.15) is 12.2 Å². The Hall–Kier alpha value is -1.06. The van der Waals surface area contributed by atoms with E-state index < -0.39 is 32.9 Å². The van der Waals surface area contributed by atoms with Crippen molar-refractivity contribution in [1.82, 2.24) is 4.90 Å². The van der Waals surface area contributed by atoms with Gasteiger partial charge in [-0.15, -0.1) is 0 Å². The normalized spacial score (nSPS) is 19.3. The Morgan fingerprint density at radius 3 is 2.71 bits per heavy atom. The van der Waals surface area contributed by atoms with E-state index in [-0.39, 0.29) is 12.2 Å².